The topological polar surface area (TPSA) is 42.0 Å². The van der Waals surface area contributed by atoms with Crippen LogP contribution in [0.25, 0.3) is 0 Å². The summed E-state index contributed by atoms with van der Waals surface area (Å²) in [5.41, 5.74) is -1.24. The summed E-state index contributed by atoms with van der Waals surface area (Å²) in [4.78, 5) is 15.5. The molecule has 1 aromatic heterocycles. The van der Waals surface area contributed by atoms with Gasteiger partial charge < -0.3 is 5.32 Å². The third-order valence-electron chi connectivity index (χ3n) is 2.35. The second-order valence-corrected chi connectivity index (χ2v) is 4.39. The van der Waals surface area contributed by atoms with Gasteiger partial charge in [-0.1, -0.05) is 0 Å². The van der Waals surface area contributed by atoms with Crippen LogP contribution in [0.4, 0.5) is 23.2 Å². The Labute approximate surface area is 118 Å². The van der Waals surface area contributed by atoms with Crippen molar-refractivity contribution < 1.29 is 22.4 Å². The number of nitrogens with zero attached hydrogens (tertiary/aromatic N) is 1. The first-order valence-corrected chi connectivity index (χ1v) is 5.96. The number of hydrogen-bond donors (Lipinski definition) is 1. The molecule has 0 unspecified atom stereocenters. The second-order valence-electron chi connectivity index (χ2n) is 3.64. The van der Waals surface area contributed by atoms with E-state index in [-0.39, 0.29) is 16.2 Å². The van der Waals surface area contributed by atoms with E-state index in [1.165, 1.54) is 18.3 Å². The number of carbonyl (C=O) groups is 1. The van der Waals surface area contributed by atoms with Gasteiger partial charge in [-0.2, -0.15) is 0 Å². The van der Waals surface area contributed by atoms with Crippen LogP contribution in [0.5, 0.6) is 0 Å². The number of amides is 1. The van der Waals surface area contributed by atoms with Crippen LogP contribution in [0.15, 0.2) is 29.0 Å². The maximum absolute atomic E-state index is 13.4. The maximum atomic E-state index is 13.4. The predicted octanol–water partition coefficient (Wildman–Crippen LogP) is 3.65. The van der Waals surface area contributed by atoms with Gasteiger partial charge in [-0.15, -0.1) is 0 Å². The van der Waals surface area contributed by atoms with Crippen LogP contribution in [0.2, 0.25) is 0 Å². The fraction of sp³-hybridized carbons (Fsp3) is 0. The molecule has 8 heteroatoms. The number of pyridine rings is 1. The minimum Gasteiger partial charge on any atom is -0.317 e. The largest absolute Gasteiger partial charge is 0.317 e. The molecule has 1 N–H and O–H groups in total. The van der Waals surface area contributed by atoms with Gasteiger partial charge >= 0.3 is 0 Å². The van der Waals surface area contributed by atoms with Crippen molar-refractivity contribution in [2.45, 2.75) is 0 Å². The number of hydrogen-bond acceptors (Lipinski definition) is 2. The zero-order valence-corrected chi connectivity index (χ0v) is 11.1. The third kappa shape index (κ3) is 2.64. The zero-order valence-electron chi connectivity index (χ0n) is 9.55. The Balaban J connectivity index is 2.41. The van der Waals surface area contributed by atoms with E-state index < -0.39 is 34.9 Å². The van der Waals surface area contributed by atoms with Gasteiger partial charge in [-0.05, 0) is 28.1 Å². The Morgan fingerprint density at radius 1 is 1.15 bits per heavy atom. The van der Waals surface area contributed by atoms with Crippen LogP contribution >= 0.6 is 15.9 Å². The summed E-state index contributed by atoms with van der Waals surface area (Å²) in [7, 11) is 0. The van der Waals surface area contributed by atoms with Gasteiger partial charge in [0.1, 0.15) is 10.3 Å². The highest BCUT2D eigenvalue weighted by atomic mass is 79.9. The molecule has 104 valence electrons. The lowest BCUT2D eigenvalue weighted by Gasteiger charge is -2.09. The summed E-state index contributed by atoms with van der Waals surface area (Å²) in [5, 5.41) is 1.78. The molecule has 3 nitrogen and oxygen atoms in total. The fourth-order valence-corrected chi connectivity index (χ4v) is 1.85. The Hall–Kier alpha value is -1.96. The highest BCUT2D eigenvalue weighted by Gasteiger charge is 2.22. The minimum atomic E-state index is -1.68. The van der Waals surface area contributed by atoms with Crippen molar-refractivity contribution in [1.29, 1.82) is 0 Å². The standard InChI is InChI=1S/C12H5BrF4N2O/c13-11-5(2-1-3-18-11)12(20)19-10-8(16)6(14)4-7(15)9(10)17/h1-4H,(H,19,20). The van der Waals surface area contributed by atoms with Crippen molar-refractivity contribution in [2.75, 3.05) is 5.32 Å². The normalized spacial score (nSPS) is 10.4. The molecule has 1 aromatic carbocycles. The monoisotopic (exact) mass is 348 g/mol. The number of carbonyl (C=O) groups excluding carboxylic acids is 1. The number of aromatic nitrogens is 1. The predicted molar refractivity (Wildman–Crippen MR) is 66.2 cm³/mol. The summed E-state index contributed by atoms with van der Waals surface area (Å²) < 4.78 is 52.9. The molecule has 0 bridgehead atoms. The molecule has 0 fully saturated rings. The average molecular weight is 349 g/mol. The van der Waals surface area contributed by atoms with E-state index in [0.717, 1.165) is 0 Å². The molecule has 2 rings (SSSR count). The average Bonchev–Trinajstić information content (AvgIpc) is 2.41. The first kappa shape index (κ1) is 14.4. The first-order valence-electron chi connectivity index (χ1n) is 5.16. The van der Waals surface area contributed by atoms with Crippen molar-refractivity contribution >= 4 is 27.5 Å². The number of halogens is 5. The molecule has 0 aliphatic rings. The van der Waals surface area contributed by atoms with Crippen LogP contribution in [0, 0.1) is 23.3 Å². The number of anilines is 1. The second kappa shape index (κ2) is 5.58. The van der Waals surface area contributed by atoms with Crippen molar-refractivity contribution in [3.8, 4) is 0 Å². The Morgan fingerprint density at radius 2 is 1.75 bits per heavy atom. The Kier molecular flexibility index (Phi) is 4.03. The lowest BCUT2D eigenvalue weighted by molar-refractivity contribution is 0.102. The Morgan fingerprint density at radius 3 is 2.30 bits per heavy atom. The summed E-state index contributed by atoms with van der Waals surface area (Å²) >= 11 is 2.97. The van der Waals surface area contributed by atoms with Crippen LogP contribution in [-0.2, 0) is 0 Å². The smallest absolute Gasteiger partial charge is 0.258 e. The highest BCUT2D eigenvalue weighted by molar-refractivity contribution is 9.10. The van der Waals surface area contributed by atoms with Gasteiger partial charge in [0.15, 0.2) is 23.3 Å². The molecule has 0 saturated heterocycles. The SMILES string of the molecule is O=C(Nc1c(F)c(F)cc(F)c1F)c1cccnc1Br. The maximum Gasteiger partial charge on any atom is 0.258 e. The van der Waals surface area contributed by atoms with Gasteiger partial charge in [-0.3, -0.25) is 4.79 Å². The summed E-state index contributed by atoms with van der Waals surface area (Å²) in [6.07, 6.45) is 1.38. The first-order chi connectivity index (χ1) is 9.41. The summed E-state index contributed by atoms with van der Waals surface area (Å²) in [6, 6.07) is 2.79. The van der Waals surface area contributed by atoms with Crippen molar-refractivity contribution in [2.24, 2.45) is 0 Å². The summed E-state index contributed by atoms with van der Waals surface area (Å²) in [5.74, 6) is -7.55. The van der Waals surface area contributed by atoms with Gasteiger partial charge in [0, 0.05) is 12.3 Å². The van der Waals surface area contributed by atoms with E-state index in [9.17, 15) is 22.4 Å². The van der Waals surface area contributed by atoms with Crippen LogP contribution in [-0.4, -0.2) is 10.9 Å². The molecule has 0 aliphatic heterocycles. The van der Waals surface area contributed by atoms with E-state index in [1.807, 2.05) is 0 Å². The molecule has 1 amide bonds. The molecule has 0 radical (unpaired) electrons. The number of benzene rings is 1. The molecular formula is C12H5BrF4N2O. The van der Waals surface area contributed by atoms with E-state index in [1.54, 1.807) is 5.32 Å². The van der Waals surface area contributed by atoms with Crippen molar-refractivity contribution in [3.63, 3.8) is 0 Å². The third-order valence-corrected chi connectivity index (χ3v) is 2.99. The van der Waals surface area contributed by atoms with Crippen LogP contribution in [0.3, 0.4) is 0 Å². The molecular weight excluding hydrogens is 344 g/mol. The van der Waals surface area contributed by atoms with Gasteiger partial charge in [0.05, 0.1) is 5.56 Å². The lowest BCUT2D eigenvalue weighted by Crippen LogP contribution is -2.16. The summed E-state index contributed by atoms with van der Waals surface area (Å²) in [6.45, 7) is 0. The van der Waals surface area contributed by atoms with E-state index in [2.05, 4.69) is 20.9 Å². The number of rotatable bonds is 2. The molecule has 0 spiro atoms. The minimum absolute atomic E-state index is 0.0454. The lowest BCUT2D eigenvalue weighted by atomic mass is 10.2. The van der Waals surface area contributed by atoms with E-state index in [0.29, 0.717) is 0 Å². The molecule has 0 saturated carbocycles. The van der Waals surface area contributed by atoms with Crippen molar-refractivity contribution in [1.82, 2.24) is 4.98 Å². The molecule has 0 atom stereocenters. The van der Waals surface area contributed by atoms with Gasteiger partial charge in [0.25, 0.3) is 5.91 Å². The molecule has 0 aliphatic carbocycles. The molecule has 2 aromatic rings. The number of nitrogens with one attached hydrogen (secondary N) is 1. The van der Waals surface area contributed by atoms with E-state index >= 15 is 0 Å². The zero-order chi connectivity index (χ0) is 14.9. The van der Waals surface area contributed by atoms with Crippen LogP contribution < -0.4 is 5.32 Å². The van der Waals surface area contributed by atoms with Crippen LogP contribution in [0.1, 0.15) is 10.4 Å². The van der Waals surface area contributed by atoms with Gasteiger partial charge in [0.2, 0.25) is 0 Å². The quantitative estimate of drug-likeness (QED) is 0.511. The molecule has 20 heavy (non-hydrogen) atoms. The van der Waals surface area contributed by atoms with E-state index in [4.69, 9.17) is 0 Å². The van der Waals surface area contributed by atoms with Gasteiger partial charge in [-0.25, -0.2) is 22.5 Å². The highest BCUT2D eigenvalue weighted by Crippen LogP contribution is 2.25. The van der Waals surface area contributed by atoms with Crippen molar-refractivity contribution in [3.05, 3.63) is 57.8 Å². The molecule has 1 heterocycles. The Bertz CT molecular complexity index is 667. The fourth-order valence-electron chi connectivity index (χ4n) is 1.42.